The summed E-state index contributed by atoms with van der Waals surface area (Å²) in [5.74, 6) is -2.24. The third kappa shape index (κ3) is 13.9. The summed E-state index contributed by atoms with van der Waals surface area (Å²) < 4.78 is 36.3. The minimum Gasteiger partial charge on any atom is -0.489 e. The van der Waals surface area contributed by atoms with Crippen molar-refractivity contribution in [3.63, 3.8) is 0 Å². The minimum absolute atomic E-state index is 0.00226. The molecule has 14 heteroatoms. The molecule has 1 saturated heterocycles. The SMILES string of the molecule is O=C(N[C@@H]1CN(C(=O)OCc2ccccc2)C[C@H]1OC(=O)c1cc(OCc2ccccc2)c(C(=O)Nc2ccccc2C(=O)OCc2ccccc2)c(OCc2ccccc2)c1)c1ccc(OCc2ccccc2)cc1. The number of hydrogen-bond acceptors (Lipinski definition) is 11. The van der Waals surface area contributed by atoms with Gasteiger partial charge in [0.2, 0.25) is 0 Å². The number of benzene rings is 8. The Kier molecular flexibility index (Phi) is 17.1. The monoisotopic (exact) mass is 1020 g/mol. The van der Waals surface area contributed by atoms with Crippen molar-refractivity contribution in [2.75, 3.05) is 18.4 Å². The van der Waals surface area contributed by atoms with Crippen molar-refractivity contribution >= 4 is 35.5 Å². The first kappa shape index (κ1) is 51.2. The fourth-order valence-electron chi connectivity index (χ4n) is 8.28. The van der Waals surface area contributed by atoms with Crippen molar-refractivity contribution in [3.8, 4) is 17.2 Å². The second kappa shape index (κ2) is 25.3. The number of anilines is 1. The number of nitrogens with zero attached hydrogens (tertiary/aromatic N) is 1. The van der Waals surface area contributed by atoms with E-state index >= 15 is 0 Å². The Bertz CT molecular complexity index is 3170. The van der Waals surface area contributed by atoms with Gasteiger partial charge in [0.05, 0.1) is 29.4 Å². The summed E-state index contributed by atoms with van der Waals surface area (Å²) in [6.07, 6.45) is -1.74. The van der Waals surface area contributed by atoms with Gasteiger partial charge < -0.3 is 44.0 Å². The van der Waals surface area contributed by atoms with Gasteiger partial charge in [0, 0.05) is 12.1 Å². The molecule has 0 aromatic heterocycles. The van der Waals surface area contributed by atoms with Crippen molar-refractivity contribution in [2.45, 2.75) is 45.2 Å². The second-order valence-electron chi connectivity index (χ2n) is 17.7. The van der Waals surface area contributed by atoms with Crippen LogP contribution >= 0.6 is 0 Å². The molecule has 1 aliphatic heterocycles. The fraction of sp³-hybridized carbons (Fsp3) is 0.145. The van der Waals surface area contributed by atoms with E-state index in [0.717, 1.165) is 27.8 Å². The lowest BCUT2D eigenvalue weighted by Gasteiger charge is -2.21. The van der Waals surface area contributed by atoms with Crippen LogP contribution in [0.2, 0.25) is 0 Å². The first-order valence-corrected chi connectivity index (χ1v) is 24.6. The van der Waals surface area contributed by atoms with E-state index in [1.165, 1.54) is 17.0 Å². The van der Waals surface area contributed by atoms with Gasteiger partial charge in [-0.2, -0.15) is 0 Å². The van der Waals surface area contributed by atoms with E-state index in [0.29, 0.717) is 17.9 Å². The summed E-state index contributed by atoms with van der Waals surface area (Å²) in [6, 6.07) is 61.5. The molecule has 2 N–H and O–H groups in total. The average molecular weight is 1020 g/mol. The zero-order chi connectivity index (χ0) is 52.5. The quantitative estimate of drug-likeness (QED) is 0.0551. The Morgan fingerprint density at radius 3 is 1.43 bits per heavy atom. The van der Waals surface area contributed by atoms with Gasteiger partial charge in [-0.25, -0.2) is 14.4 Å². The van der Waals surface area contributed by atoms with Crippen LogP contribution in [-0.2, 0) is 47.2 Å². The van der Waals surface area contributed by atoms with E-state index in [4.69, 9.17) is 28.4 Å². The Labute approximate surface area is 439 Å². The number of nitrogens with one attached hydrogen (secondary N) is 2. The molecule has 2 atom stereocenters. The Morgan fingerprint density at radius 2 is 0.908 bits per heavy atom. The van der Waals surface area contributed by atoms with E-state index in [-0.39, 0.29) is 73.4 Å². The topological polar surface area (TPSA) is 168 Å². The standard InChI is InChI=1S/C62H53N3O11/c66-58(48-30-32-50(33-31-48)71-38-43-18-6-1-7-19-43)64-53-36-65(62(70)75-42-47-26-14-5-15-27-47)37-56(53)76-60(68)49-34-54(72-39-44-20-8-2-9-21-44)57(55(35-49)73-40-45-22-10-3-11-23-45)59(67)63-52-29-17-16-28-51(52)61(69)74-41-46-24-12-4-13-25-46/h1-35,53,56H,36-42H2,(H,63,67)(H,64,66)/t53-,56-/m1/s1. The van der Waals surface area contributed by atoms with Crippen LogP contribution in [0, 0.1) is 0 Å². The highest BCUT2D eigenvalue weighted by Crippen LogP contribution is 2.35. The number of carbonyl (C=O) groups is 5. The normalized spacial score (nSPS) is 13.7. The molecule has 1 heterocycles. The molecule has 1 fully saturated rings. The molecule has 0 aliphatic carbocycles. The lowest BCUT2D eigenvalue weighted by Crippen LogP contribution is -2.44. The molecule has 0 saturated carbocycles. The molecule has 0 bridgehead atoms. The van der Waals surface area contributed by atoms with Crippen molar-refractivity contribution in [3.05, 3.63) is 262 Å². The predicted molar refractivity (Wildman–Crippen MR) is 284 cm³/mol. The van der Waals surface area contributed by atoms with Crippen molar-refractivity contribution in [1.82, 2.24) is 10.2 Å². The van der Waals surface area contributed by atoms with Gasteiger partial charge in [0.1, 0.15) is 62.0 Å². The molecule has 0 unspecified atom stereocenters. The van der Waals surface area contributed by atoms with E-state index < -0.39 is 42.0 Å². The number of ether oxygens (including phenoxy) is 6. The molecule has 3 amide bonds. The number of likely N-dealkylation sites (tertiary alicyclic amines) is 1. The zero-order valence-corrected chi connectivity index (χ0v) is 41.2. The molecular weight excluding hydrogens is 963 g/mol. The molecule has 0 spiro atoms. The number of rotatable bonds is 20. The molecule has 9 rings (SSSR count). The highest BCUT2D eigenvalue weighted by molar-refractivity contribution is 6.11. The summed E-state index contributed by atoms with van der Waals surface area (Å²) in [5.41, 5.74) is 4.51. The minimum atomic E-state index is -1.07. The summed E-state index contributed by atoms with van der Waals surface area (Å²) in [4.78, 5) is 71.8. The highest BCUT2D eigenvalue weighted by Gasteiger charge is 2.40. The first-order valence-electron chi connectivity index (χ1n) is 24.6. The summed E-state index contributed by atoms with van der Waals surface area (Å²) in [7, 11) is 0. The molecule has 382 valence electrons. The van der Waals surface area contributed by atoms with E-state index in [9.17, 15) is 24.0 Å². The largest absolute Gasteiger partial charge is 0.489 e. The maximum Gasteiger partial charge on any atom is 0.410 e. The van der Waals surface area contributed by atoms with Crippen LogP contribution in [0.25, 0.3) is 0 Å². The van der Waals surface area contributed by atoms with Crippen molar-refractivity contribution < 1.29 is 52.4 Å². The summed E-state index contributed by atoms with van der Waals surface area (Å²) in [5, 5.41) is 5.84. The lowest BCUT2D eigenvalue weighted by atomic mass is 10.1. The zero-order valence-electron chi connectivity index (χ0n) is 41.2. The number of carbonyl (C=O) groups excluding carboxylic acids is 5. The fourth-order valence-corrected chi connectivity index (χ4v) is 8.28. The van der Waals surface area contributed by atoms with Gasteiger partial charge in [-0.1, -0.05) is 164 Å². The predicted octanol–water partition coefficient (Wildman–Crippen LogP) is 11.0. The van der Waals surface area contributed by atoms with Gasteiger partial charge in [-0.15, -0.1) is 0 Å². The van der Waals surface area contributed by atoms with Gasteiger partial charge in [-0.3, -0.25) is 9.59 Å². The Hall–Kier alpha value is -9.69. The lowest BCUT2D eigenvalue weighted by molar-refractivity contribution is 0.0259. The van der Waals surface area contributed by atoms with Gasteiger partial charge in [0.15, 0.2) is 0 Å². The van der Waals surface area contributed by atoms with E-state index in [2.05, 4.69) is 10.6 Å². The molecule has 1 aliphatic rings. The van der Waals surface area contributed by atoms with E-state index in [1.807, 2.05) is 152 Å². The Morgan fingerprint density at radius 1 is 0.447 bits per heavy atom. The maximum atomic E-state index is 14.8. The van der Waals surface area contributed by atoms with Gasteiger partial charge in [0.25, 0.3) is 11.8 Å². The highest BCUT2D eigenvalue weighted by atomic mass is 16.6. The molecule has 14 nitrogen and oxygen atoms in total. The average Bonchev–Trinajstić information content (AvgIpc) is 3.87. The van der Waals surface area contributed by atoms with Crippen LogP contribution in [0.1, 0.15) is 69.2 Å². The van der Waals surface area contributed by atoms with Crippen LogP contribution in [0.4, 0.5) is 10.5 Å². The third-order valence-electron chi connectivity index (χ3n) is 12.3. The van der Waals surface area contributed by atoms with Crippen molar-refractivity contribution in [2.24, 2.45) is 0 Å². The third-order valence-corrected chi connectivity index (χ3v) is 12.3. The van der Waals surface area contributed by atoms with Crippen LogP contribution in [0.3, 0.4) is 0 Å². The number of para-hydroxylation sites is 1. The Balaban J connectivity index is 0.999. The van der Waals surface area contributed by atoms with Crippen LogP contribution in [0.15, 0.2) is 212 Å². The molecule has 0 radical (unpaired) electrons. The van der Waals surface area contributed by atoms with Crippen LogP contribution in [0.5, 0.6) is 17.2 Å². The molecule has 8 aromatic carbocycles. The first-order chi connectivity index (χ1) is 37.2. The molecule has 8 aromatic rings. The van der Waals surface area contributed by atoms with Crippen LogP contribution in [-0.4, -0.2) is 60.0 Å². The molecular formula is C62H53N3O11. The smallest absolute Gasteiger partial charge is 0.410 e. The second-order valence-corrected chi connectivity index (χ2v) is 17.7. The van der Waals surface area contributed by atoms with E-state index in [1.54, 1.807) is 48.5 Å². The number of hydrogen-bond donors (Lipinski definition) is 2. The van der Waals surface area contributed by atoms with Gasteiger partial charge >= 0.3 is 18.0 Å². The van der Waals surface area contributed by atoms with Crippen LogP contribution < -0.4 is 24.8 Å². The molecule has 76 heavy (non-hydrogen) atoms. The van der Waals surface area contributed by atoms with Crippen molar-refractivity contribution in [1.29, 1.82) is 0 Å². The number of amides is 3. The maximum absolute atomic E-state index is 14.8. The van der Waals surface area contributed by atoms with Gasteiger partial charge in [-0.05, 0) is 76.3 Å². The number of esters is 2. The summed E-state index contributed by atoms with van der Waals surface area (Å²) in [6.45, 7) is 0.146. The summed E-state index contributed by atoms with van der Waals surface area (Å²) >= 11 is 0.